The molecular formula is C28H40N6O. The van der Waals surface area contributed by atoms with Gasteiger partial charge in [0.05, 0.1) is 19.8 Å². The molecule has 5 rings (SSSR count). The number of aromatic nitrogens is 3. The molecule has 3 aromatic rings. The van der Waals surface area contributed by atoms with E-state index in [2.05, 4.69) is 63.2 Å². The molecule has 0 amide bonds. The Morgan fingerprint density at radius 1 is 1.00 bits per heavy atom. The Morgan fingerprint density at radius 2 is 1.77 bits per heavy atom. The van der Waals surface area contributed by atoms with Gasteiger partial charge in [-0.15, -0.1) is 0 Å². The Bertz CT molecular complexity index is 1080. The molecule has 2 aliphatic rings. The molecule has 0 spiro atoms. The van der Waals surface area contributed by atoms with Gasteiger partial charge in [-0.1, -0.05) is 12.1 Å². The Balaban J connectivity index is 1.05. The van der Waals surface area contributed by atoms with E-state index in [1.807, 2.05) is 12.3 Å². The van der Waals surface area contributed by atoms with Gasteiger partial charge in [-0.25, -0.2) is 9.97 Å². The second-order valence-electron chi connectivity index (χ2n) is 10.3. The van der Waals surface area contributed by atoms with Gasteiger partial charge in [0, 0.05) is 44.1 Å². The first kappa shape index (κ1) is 24.2. The van der Waals surface area contributed by atoms with E-state index in [9.17, 15) is 0 Å². The van der Waals surface area contributed by atoms with Gasteiger partial charge in [-0.3, -0.25) is 4.90 Å². The Kier molecular flexibility index (Phi) is 7.96. The molecule has 7 heteroatoms. The molecule has 1 aliphatic heterocycles. The van der Waals surface area contributed by atoms with Gasteiger partial charge < -0.3 is 19.9 Å². The van der Waals surface area contributed by atoms with Gasteiger partial charge in [0.25, 0.3) is 0 Å². The van der Waals surface area contributed by atoms with E-state index < -0.39 is 0 Å². The zero-order valence-corrected chi connectivity index (χ0v) is 21.3. The van der Waals surface area contributed by atoms with Crippen LogP contribution in [0, 0.1) is 19.8 Å². The molecule has 35 heavy (non-hydrogen) atoms. The van der Waals surface area contributed by atoms with Crippen LogP contribution in [0.25, 0.3) is 11.2 Å². The van der Waals surface area contributed by atoms with Gasteiger partial charge in [-0.2, -0.15) is 0 Å². The quantitative estimate of drug-likeness (QED) is 0.455. The number of hydrogen-bond donors (Lipinski definition) is 2. The highest BCUT2D eigenvalue weighted by atomic mass is 16.5. The summed E-state index contributed by atoms with van der Waals surface area (Å²) in [5.41, 5.74) is 5.65. The fourth-order valence-electron chi connectivity index (χ4n) is 5.44. The number of hydrogen-bond acceptors (Lipinski definition) is 6. The van der Waals surface area contributed by atoms with Gasteiger partial charge in [0.1, 0.15) is 11.3 Å². The number of pyridine rings is 1. The number of benzene rings is 1. The van der Waals surface area contributed by atoms with Crippen molar-refractivity contribution < 1.29 is 4.74 Å². The molecule has 0 atom stereocenters. The fraction of sp³-hybridized carbons (Fsp3) is 0.571. The van der Waals surface area contributed by atoms with E-state index in [1.165, 1.54) is 42.5 Å². The smallest absolute Gasteiger partial charge is 0.160 e. The molecule has 1 aliphatic carbocycles. The number of nitrogens with one attached hydrogen (secondary N) is 2. The van der Waals surface area contributed by atoms with Crippen molar-refractivity contribution in [2.75, 3.05) is 51.3 Å². The number of rotatable bonds is 9. The van der Waals surface area contributed by atoms with E-state index in [0.29, 0.717) is 6.04 Å². The maximum absolute atomic E-state index is 5.43. The molecule has 0 bridgehead atoms. The number of anilines is 1. The third-order valence-corrected chi connectivity index (χ3v) is 7.68. The van der Waals surface area contributed by atoms with Gasteiger partial charge in [0.15, 0.2) is 5.65 Å². The molecular weight excluding hydrogens is 436 g/mol. The van der Waals surface area contributed by atoms with Crippen LogP contribution in [0.2, 0.25) is 0 Å². The van der Waals surface area contributed by atoms with Crippen LogP contribution in [0.15, 0.2) is 36.5 Å². The number of imidazole rings is 1. The highest BCUT2D eigenvalue weighted by Crippen LogP contribution is 2.27. The topological polar surface area (TPSA) is 67.2 Å². The Morgan fingerprint density at radius 3 is 2.54 bits per heavy atom. The fourth-order valence-corrected chi connectivity index (χ4v) is 5.44. The minimum absolute atomic E-state index is 0.581. The first-order chi connectivity index (χ1) is 17.2. The molecule has 1 saturated heterocycles. The zero-order valence-electron chi connectivity index (χ0n) is 21.3. The second-order valence-corrected chi connectivity index (χ2v) is 10.3. The summed E-state index contributed by atoms with van der Waals surface area (Å²) in [6.07, 6.45) is 6.99. The zero-order chi connectivity index (χ0) is 24.0. The normalized spacial score (nSPS) is 21.4. The van der Waals surface area contributed by atoms with E-state index in [0.717, 1.165) is 75.4 Å². The van der Waals surface area contributed by atoms with Crippen molar-refractivity contribution in [1.82, 2.24) is 24.8 Å². The van der Waals surface area contributed by atoms with Gasteiger partial charge in [-0.05, 0) is 81.3 Å². The second kappa shape index (κ2) is 11.5. The average molecular weight is 477 g/mol. The van der Waals surface area contributed by atoms with Crippen molar-refractivity contribution in [3.8, 4) is 0 Å². The molecule has 2 N–H and O–H groups in total. The summed E-state index contributed by atoms with van der Waals surface area (Å²) in [5, 5.41) is 7.47. The predicted molar refractivity (Wildman–Crippen MR) is 142 cm³/mol. The summed E-state index contributed by atoms with van der Waals surface area (Å²) in [5.74, 6) is 1.82. The van der Waals surface area contributed by atoms with Crippen LogP contribution in [-0.4, -0.2) is 71.4 Å². The van der Waals surface area contributed by atoms with Crippen LogP contribution in [-0.2, 0) is 11.3 Å². The summed E-state index contributed by atoms with van der Waals surface area (Å²) in [6.45, 7) is 12.3. The van der Waals surface area contributed by atoms with E-state index in [-0.39, 0.29) is 0 Å². The monoisotopic (exact) mass is 476 g/mol. The summed E-state index contributed by atoms with van der Waals surface area (Å²) < 4.78 is 7.64. The SMILES string of the molecule is Cc1ccnc2c1nc(C)n2Cc1ccc(NC2CCC(CNCCN3CCOCC3)CC2)cc1. The number of fused-ring (bicyclic) bond motifs is 1. The van der Waals surface area contributed by atoms with Crippen molar-refractivity contribution in [3.05, 3.63) is 53.5 Å². The highest BCUT2D eigenvalue weighted by Gasteiger charge is 2.21. The molecule has 2 aromatic heterocycles. The van der Waals surface area contributed by atoms with E-state index >= 15 is 0 Å². The minimum atomic E-state index is 0.581. The van der Waals surface area contributed by atoms with Crippen molar-refractivity contribution in [2.45, 2.75) is 52.1 Å². The number of ether oxygens (including phenoxy) is 1. The van der Waals surface area contributed by atoms with Crippen LogP contribution >= 0.6 is 0 Å². The molecule has 2 fully saturated rings. The van der Waals surface area contributed by atoms with Crippen LogP contribution in [0.3, 0.4) is 0 Å². The first-order valence-electron chi connectivity index (χ1n) is 13.3. The summed E-state index contributed by atoms with van der Waals surface area (Å²) in [6, 6.07) is 11.5. The standard InChI is InChI=1S/C28H40N6O/c1-21-11-12-30-28-27(21)31-22(2)34(28)20-24-5-9-26(10-6-24)32-25-7-3-23(4-8-25)19-29-13-14-33-15-17-35-18-16-33/h5-6,9-12,23,25,29,32H,3-4,7-8,13-20H2,1-2H3. The van der Waals surface area contributed by atoms with Crippen molar-refractivity contribution in [2.24, 2.45) is 5.92 Å². The molecule has 188 valence electrons. The highest BCUT2D eigenvalue weighted by molar-refractivity contribution is 5.75. The maximum atomic E-state index is 5.43. The molecule has 0 radical (unpaired) electrons. The lowest BCUT2D eigenvalue weighted by atomic mass is 9.86. The van der Waals surface area contributed by atoms with Crippen LogP contribution in [0.4, 0.5) is 5.69 Å². The lowest BCUT2D eigenvalue weighted by Gasteiger charge is -2.30. The van der Waals surface area contributed by atoms with Crippen LogP contribution in [0.1, 0.15) is 42.6 Å². The number of morpholine rings is 1. The summed E-state index contributed by atoms with van der Waals surface area (Å²) in [7, 11) is 0. The number of aryl methyl sites for hydroxylation is 2. The number of nitrogens with zero attached hydrogens (tertiary/aromatic N) is 4. The van der Waals surface area contributed by atoms with Crippen molar-refractivity contribution in [3.63, 3.8) is 0 Å². The molecule has 1 aromatic carbocycles. The predicted octanol–water partition coefficient (Wildman–Crippen LogP) is 3.99. The van der Waals surface area contributed by atoms with Gasteiger partial charge in [0.2, 0.25) is 0 Å². The third kappa shape index (κ3) is 6.21. The largest absolute Gasteiger partial charge is 0.382 e. The maximum Gasteiger partial charge on any atom is 0.160 e. The molecule has 1 saturated carbocycles. The van der Waals surface area contributed by atoms with Crippen molar-refractivity contribution in [1.29, 1.82) is 0 Å². The molecule has 0 unspecified atom stereocenters. The summed E-state index contributed by atoms with van der Waals surface area (Å²) >= 11 is 0. The van der Waals surface area contributed by atoms with Crippen LogP contribution < -0.4 is 10.6 Å². The van der Waals surface area contributed by atoms with E-state index in [4.69, 9.17) is 9.72 Å². The Labute approximate surface area is 209 Å². The molecule has 3 heterocycles. The lowest BCUT2D eigenvalue weighted by Crippen LogP contribution is -2.41. The van der Waals surface area contributed by atoms with Crippen LogP contribution in [0.5, 0.6) is 0 Å². The average Bonchev–Trinajstić information content (AvgIpc) is 3.21. The Hall–Kier alpha value is -2.48. The third-order valence-electron chi connectivity index (χ3n) is 7.68. The lowest BCUT2D eigenvalue weighted by molar-refractivity contribution is 0.0383. The van der Waals surface area contributed by atoms with Crippen molar-refractivity contribution >= 4 is 16.9 Å². The van der Waals surface area contributed by atoms with E-state index in [1.54, 1.807) is 0 Å². The molecule has 7 nitrogen and oxygen atoms in total. The summed E-state index contributed by atoms with van der Waals surface area (Å²) in [4.78, 5) is 11.8. The van der Waals surface area contributed by atoms with Gasteiger partial charge >= 0.3 is 0 Å². The minimum Gasteiger partial charge on any atom is -0.382 e. The first-order valence-corrected chi connectivity index (χ1v) is 13.3.